The molecule has 2 aliphatic heterocycles. The molecular formula is C9H14O5. The summed E-state index contributed by atoms with van der Waals surface area (Å²) in [5.41, 5.74) is 0. The zero-order valence-corrected chi connectivity index (χ0v) is 8.10. The van der Waals surface area contributed by atoms with Crippen LogP contribution in [0.1, 0.15) is 19.8 Å². The van der Waals surface area contributed by atoms with E-state index in [0.29, 0.717) is 6.61 Å². The van der Waals surface area contributed by atoms with Gasteiger partial charge in [-0.25, -0.2) is 0 Å². The van der Waals surface area contributed by atoms with E-state index in [4.69, 9.17) is 14.2 Å². The van der Waals surface area contributed by atoms with E-state index in [0.717, 1.165) is 12.8 Å². The molecule has 2 fully saturated rings. The minimum Gasteiger partial charge on any atom is -0.439 e. The van der Waals surface area contributed by atoms with Gasteiger partial charge in [0, 0.05) is 6.92 Å². The van der Waals surface area contributed by atoms with Gasteiger partial charge in [0.1, 0.15) is 6.10 Å². The first kappa shape index (κ1) is 9.89. The third kappa shape index (κ3) is 2.23. The largest absolute Gasteiger partial charge is 0.439 e. The Hall–Kier alpha value is -0.650. The van der Waals surface area contributed by atoms with E-state index in [1.54, 1.807) is 0 Å². The van der Waals surface area contributed by atoms with E-state index in [1.165, 1.54) is 6.92 Å². The summed E-state index contributed by atoms with van der Waals surface area (Å²) in [4.78, 5) is 10.5. The lowest BCUT2D eigenvalue weighted by Crippen LogP contribution is -2.35. The lowest BCUT2D eigenvalue weighted by molar-refractivity contribution is -0.204. The molecule has 0 aromatic heterocycles. The van der Waals surface area contributed by atoms with Crippen LogP contribution in [-0.2, 0) is 23.7 Å². The molecule has 14 heavy (non-hydrogen) atoms. The number of hydrogen-bond acceptors (Lipinski definition) is 5. The van der Waals surface area contributed by atoms with E-state index in [2.05, 4.69) is 4.74 Å². The summed E-state index contributed by atoms with van der Waals surface area (Å²) in [6, 6.07) is 0. The van der Waals surface area contributed by atoms with Gasteiger partial charge in [0.25, 0.3) is 0 Å². The molecule has 0 spiro atoms. The molecule has 0 radical (unpaired) electrons. The van der Waals surface area contributed by atoms with Gasteiger partial charge in [0.15, 0.2) is 13.1 Å². The van der Waals surface area contributed by atoms with Crippen molar-refractivity contribution in [1.29, 1.82) is 0 Å². The van der Waals surface area contributed by atoms with Crippen LogP contribution in [0.15, 0.2) is 0 Å². The zero-order chi connectivity index (χ0) is 9.97. The third-order valence-electron chi connectivity index (χ3n) is 2.39. The molecule has 0 amide bonds. The molecule has 0 aromatic carbocycles. The molecule has 0 saturated carbocycles. The molecule has 2 saturated heterocycles. The summed E-state index contributed by atoms with van der Waals surface area (Å²) in [5, 5.41) is 0. The van der Waals surface area contributed by atoms with Gasteiger partial charge in [-0.05, 0) is 12.8 Å². The Morgan fingerprint density at radius 1 is 1.50 bits per heavy atom. The van der Waals surface area contributed by atoms with Crippen molar-refractivity contribution in [3.8, 4) is 0 Å². The van der Waals surface area contributed by atoms with Crippen molar-refractivity contribution in [3.05, 3.63) is 0 Å². The molecule has 0 N–H and O–H groups in total. The second-order valence-corrected chi connectivity index (χ2v) is 3.50. The lowest BCUT2D eigenvalue weighted by Gasteiger charge is -2.26. The Kier molecular flexibility index (Phi) is 3.00. The van der Waals surface area contributed by atoms with Crippen molar-refractivity contribution in [3.63, 3.8) is 0 Å². The van der Waals surface area contributed by atoms with Crippen LogP contribution in [0.5, 0.6) is 0 Å². The molecule has 5 nitrogen and oxygen atoms in total. The maximum absolute atomic E-state index is 10.5. The van der Waals surface area contributed by atoms with Gasteiger partial charge >= 0.3 is 5.97 Å². The van der Waals surface area contributed by atoms with Gasteiger partial charge in [-0.15, -0.1) is 0 Å². The monoisotopic (exact) mass is 202 g/mol. The second-order valence-electron chi connectivity index (χ2n) is 3.50. The van der Waals surface area contributed by atoms with Crippen LogP contribution in [0.3, 0.4) is 0 Å². The SMILES string of the molecule is CC(=O)OCO[C@H]1CC[C@H]2CO[C@@H]1O2. The summed E-state index contributed by atoms with van der Waals surface area (Å²) in [7, 11) is 0. The highest BCUT2D eigenvalue weighted by molar-refractivity contribution is 5.65. The highest BCUT2D eigenvalue weighted by Crippen LogP contribution is 2.28. The van der Waals surface area contributed by atoms with Crippen LogP contribution in [0.2, 0.25) is 0 Å². The third-order valence-corrected chi connectivity index (χ3v) is 2.39. The van der Waals surface area contributed by atoms with E-state index in [1.807, 2.05) is 0 Å². The van der Waals surface area contributed by atoms with Crippen LogP contribution in [0, 0.1) is 0 Å². The number of esters is 1. The van der Waals surface area contributed by atoms with E-state index in [9.17, 15) is 4.79 Å². The first-order valence-corrected chi connectivity index (χ1v) is 4.78. The summed E-state index contributed by atoms with van der Waals surface area (Å²) < 4.78 is 20.8. The standard InChI is InChI=1S/C9H14O5/c1-6(10)12-5-13-8-3-2-7-4-11-9(8)14-7/h7-9H,2-5H2,1H3/t7-,8-,9+/m0/s1. The lowest BCUT2D eigenvalue weighted by atomic mass is 10.1. The van der Waals surface area contributed by atoms with Crippen molar-refractivity contribution in [1.82, 2.24) is 0 Å². The Balaban J connectivity index is 1.72. The average Bonchev–Trinajstić information content (AvgIpc) is 2.52. The first-order valence-electron chi connectivity index (χ1n) is 4.78. The molecule has 3 atom stereocenters. The predicted octanol–water partition coefficient (Wildman–Crippen LogP) is 0.427. The molecule has 0 unspecified atom stereocenters. The average molecular weight is 202 g/mol. The van der Waals surface area contributed by atoms with Crippen LogP contribution in [0.25, 0.3) is 0 Å². The number of hydrogen-bond donors (Lipinski definition) is 0. The van der Waals surface area contributed by atoms with Crippen molar-refractivity contribution >= 4 is 5.97 Å². The molecule has 5 heteroatoms. The fourth-order valence-corrected chi connectivity index (χ4v) is 1.67. The minimum absolute atomic E-state index is 0.0200. The van der Waals surface area contributed by atoms with Gasteiger partial charge in [-0.3, -0.25) is 4.79 Å². The molecular weight excluding hydrogens is 188 g/mol. The summed E-state index contributed by atoms with van der Waals surface area (Å²) >= 11 is 0. The van der Waals surface area contributed by atoms with Crippen LogP contribution >= 0.6 is 0 Å². The van der Waals surface area contributed by atoms with E-state index >= 15 is 0 Å². The Labute approximate surface area is 82.3 Å². The number of carbonyl (C=O) groups excluding carboxylic acids is 1. The molecule has 0 aromatic rings. The Bertz CT molecular complexity index is 217. The first-order chi connectivity index (χ1) is 6.75. The normalized spacial score (nSPS) is 35.6. The second kappa shape index (κ2) is 4.25. The fraction of sp³-hybridized carbons (Fsp3) is 0.889. The molecule has 0 aliphatic carbocycles. The van der Waals surface area contributed by atoms with Crippen molar-refractivity contribution in [2.24, 2.45) is 0 Å². The smallest absolute Gasteiger partial charge is 0.304 e. The number of fused-ring (bicyclic) bond motifs is 2. The van der Waals surface area contributed by atoms with Gasteiger partial charge < -0.3 is 18.9 Å². The van der Waals surface area contributed by atoms with E-state index in [-0.39, 0.29) is 31.3 Å². The van der Waals surface area contributed by atoms with Crippen LogP contribution < -0.4 is 0 Å². The van der Waals surface area contributed by atoms with Crippen LogP contribution in [0.4, 0.5) is 0 Å². The minimum atomic E-state index is -0.341. The topological polar surface area (TPSA) is 54.0 Å². The summed E-state index contributed by atoms with van der Waals surface area (Å²) in [5.74, 6) is -0.341. The molecule has 2 bridgehead atoms. The predicted molar refractivity (Wildman–Crippen MR) is 45.4 cm³/mol. The molecule has 80 valence electrons. The van der Waals surface area contributed by atoms with Crippen molar-refractivity contribution in [2.75, 3.05) is 13.4 Å². The summed E-state index contributed by atoms with van der Waals surface area (Å²) in [6.07, 6.45) is 1.70. The van der Waals surface area contributed by atoms with E-state index < -0.39 is 0 Å². The van der Waals surface area contributed by atoms with Gasteiger partial charge in [0.05, 0.1) is 12.7 Å². The molecule has 2 aliphatic rings. The fourth-order valence-electron chi connectivity index (χ4n) is 1.67. The Morgan fingerprint density at radius 2 is 2.36 bits per heavy atom. The number of rotatable bonds is 3. The van der Waals surface area contributed by atoms with Gasteiger partial charge in [0.2, 0.25) is 0 Å². The quantitative estimate of drug-likeness (QED) is 0.490. The highest BCUT2D eigenvalue weighted by atomic mass is 16.8. The highest BCUT2D eigenvalue weighted by Gasteiger charge is 2.38. The van der Waals surface area contributed by atoms with Gasteiger partial charge in [-0.2, -0.15) is 0 Å². The number of carbonyl (C=O) groups is 1. The van der Waals surface area contributed by atoms with Crippen molar-refractivity contribution in [2.45, 2.75) is 38.3 Å². The maximum atomic E-state index is 10.5. The van der Waals surface area contributed by atoms with Crippen molar-refractivity contribution < 1.29 is 23.7 Å². The zero-order valence-electron chi connectivity index (χ0n) is 8.10. The van der Waals surface area contributed by atoms with Crippen LogP contribution in [-0.4, -0.2) is 37.9 Å². The van der Waals surface area contributed by atoms with Gasteiger partial charge in [-0.1, -0.05) is 0 Å². The Morgan fingerprint density at radius 3 is 3.14 bits per heavy atom. The summed E-state index contributed by atoms with van der Waals surface area (Å²) in [6.45, 7) is 1.98. The number of ether oxygens (including phenoxy) is 4. The maximum Gasteiger partial charge on any atom is 0.304 e. The molecule has 2 heterocycles. The molecule has 2 rings (SSSR count).